The lowest BCUT2D eigenvalue weighted by Crippen LogP contribution is -2.45. The fraction of sp³-hybridized carbons (Fsp3) is 0.838. The molecule has 0 aliphatic rings. The molecule has 80 heavy (non-hydrogen) atoms. The van der Waals surface area contributed by atoms with Gasteiger partial charge in [-0.2, -0.15) is 0 Å². The maximum atomic E-state index is 12.5. The maximum absolute atomic E-state index is 12.5. The summed E-state index contributed by atoms with van der Waals surface area (Å²) >= 11 is 0. The van der Waals surface area contributed by atoms with Crippen molar-refractivity contribution in [1.29, 1.82) is 0 Å². The van der Waals surface area contributed by atoms with E-state index in [1.165, 1.54) is 289 Å². The van der Waals surface area contributed by atoms with Crippen LogP contribution < -0.4 is 5.32 Å². The third-order valence-corrected chi connectivity index (χ3v) is 16.3. The Kier molecular flexibility index (Phi) is 66.9. The molecule has 0 bridgehead atoms. The zero-order valence-corrected chi connectivity index (χ0v) is 53.6. The van der Waals surface area contributed by atoms with Crippen LogP contribution in [0.25, 0.3) is 0 Å². The van der Waals surface area contributed by atoms with Crippen molar-refractivity contribution >= 4 is 11.9 Å². The highest BCUT2D eigenvalue weighted by molar-refractivity contribution is 5.76. The first kappa shape index (κ1) is 77.6. The van der Waals surface area contributed by atoms with Gasteiger partial charge in [-0.1, -0.05) is 325 Å². The molecule has 2 atom stereocenters. The molecule has 0 spiro atoms. The number of amides is 1. The first-order valence-corrected chi connectivity index (χ1v) is 35.6. The van der Waals surface area contributed by atoms with Gasteiger partial charge in [-0.3, -0.25) is 9.59 Å². The topological polar surface area (TPSA) is 95.9 Å². The summed E-state index contributed by atoms with van der Waals surface area (Å²) in [7, 11) is 0. The standard InChI is InChI=1S/C74H137NO5/c1-3-5-7-9-11-13-15-17-19-34-38-42-46-50-54-58-62-66-72(77)71(70-76)75-73(78)67-63-59-55-51-47-43-39-36-32-30-28-26-24-22-21-23-25-27-29-31-33-37-41-45-49-53-57-61-65-69-80-74(79)68-64-60-56-52-48-44-40-35-20-18-16-14-12-10-8-6-4-2/h12,14,18,20-21,23,27,29,62,66,71-72,76-77H,3-11,13,15-17,19,22,24-26,28,30-61,63-65,67-70H2,1-2H3,(H,75,78)/b14-12-,20-18-,23-21-,29-27-,66-62+. The smallest absolute Gasteiger partial charge is 0.305 e. The normalized spacial score (nSPS) is 12.9. The van der Waals surface area contributed by atoms with E-state index < -0.39 is 12.1 Å². The third kappa shape index (κ3) is 64.7. The molecule has 0 aliphatic heterocycles. The number of esters is 1. The number of hydrogen-bond acceptors (Lipinski definition) is 5. The van der Waals surface area contributed by atoms with Crippen LogP contribution in [0.4, 0.5) is 0 Å². The average Bonchev–Trinajstić information content (AvgIpc) is 3.46. The van der Waals surface area contributed by atoms with E-state index in [0.29, 0.717) is 19.4 Å². The Morgan fingerprint density at radius 3 is 0.975 bits per heavy atom. The first-order valence-electron chi connectivity index (χ1n) is 35.6. The number of hydrogen-bond donors (Lipinski definition) is 3. The number of ether oxygens (including phenoxy) is 1. The van der Waals surface area contributed by atoms with Gasteiger partial charge in [0.05, 0.1) is 25.4 Å². The molecule has 6 heteroatoms. The van der Waals surface area contributed by atoms with Crippen LogP contribution in [0, 0.1) is 0 Å². The van der Waals surface area contributed by atoms with Crippen molar-refractivity contribution in [2.45, 2.75) is 386 Å². The second-order valence-corrected chi connectivity index (χ2v) is 24.2. The minimum absolute atomic E-state index is 0.00378. The van der Waals surface area contributed by atoms with E-state index in [0.717, 1.165) is 57.8 Å². The molecule has 3 N–H and O–H groups in total. The summed E-state index contributed by atoms with van der Waals surface area (Å²) in [6, 6.07) is -0.630. The molecule has 0 aromatic carbocycles. The van der Waals surface area contributed by atoms with Crippen LogP contribution in [0.5, 0.6) is 0 Å². The zero-order valence-electron chi connectivity index (χ0n) is 53.6. The van der Waals surface area contributed by atoms with Gasteiger partial charge in [0.2, 0.25) is 5.91 Å². The van der Waals surface area contributed by atoms with Crippen molar-refractivity contribution in [1.82, 2.24) is 5.32 Å². The number of aliphatic hydroxyl groups excluding tert-OH is 2. The predicted molar refractivity (Wildman–Crippen MR) is 352 cm³/mol. The summed E-state index contributed by atoms with van der Waals surface area (Å²) in [6.45, 7) is 4.89. The van der Waals surface area contributed by atoms with E-state index >= 15 is 0 Å². The molecule has 0 radical (unpaired) electrons. The quantitative estimate of drug-likeness (QED) is 0.0320. The molecule has 0 aliphatic carbocycles. The monoisotopic (exact) mass is 1120 g/mol. The van der Waals surface area contributed by atoms with E-state index in [4.69, 9.17) is 4.74 Å². The summed E-state index contributed by atoms with van der Waals surface area (Å²) in [6.07, 6.45) is 91.5. The summed E-state index contributed by atoms with van der Waals surface area (Å²) in [5.74, 6) is -0.0634. The number of carbonyl (C=O) groups excluding carboxylic acids is 2. The van der Waals surface area contributed by atoms with Gasteiger partial charge in [-0.25, -0.2) is 0 Å². The van der Waals surface area contributed by atoms with Gasteiger partial charge in [0.25, 0.3) is 0 Å². The molecule has 0 rings (SSSR count). The lowest BCUT2D eigenvalue weighted by atomic mass is 10.0. The van der Waals surface area contributed by atoms with Gasteiger partial charge in [-0.05, 0) is 96.3 Å². The van der Waals surface area contributed by atoms with Crippen molar-refractivity contribution in [3.63, 3.8) is 0 Å². The van der Waals surface area contributed by atoms with E-state index in [1.54, 1.807) is 6.08 Å². The molecule has 2 unspecified atom stereocenters. The summed E-state index contributed by atoms with van der Waals surface area (Å²) in [5, 5.41) is 23.2. The van der Waals surface area contributed by atoms with Crippen LogP contribution in [-0.4, -0.2) is 47.4 Å². The molecule has 6 nitrogen and oxygen atoms in total. The molecule has 0 heterocycles. The molecule has 468 valence electrons. The van der Waals surface area contributed by atoms with E-state index in [-0.39, 0.29) is 18.5 Å². The molecule has 0 aromatic rings. The number of unbranched alkanes of at least 4 members (excludes halogenated alkanes) is 47. The number of aliphatic hydroxyl groups is 2. The molecule has 0 saturated carbocycles. The Morgan fingerprint density at radius 2 is 0.625 bits per heavy atom. The average molecular weight is 1120 g/mol. The molecule has 0 fully saturated rings. The van der Waals surface area contributed by atoms with Gasteiger partial charge in [0, 0.05) is 12.8 Å². The Balaban J connectivity index is 3.43. The van der Waals surface area contributed by atoms with Gasteiger partial charge < -0.3 is 20.3 Å². The summed E-state index contributed by atoms with van der Waals surface area (Å²) < 4.78 is 5.49. The highest BCUT2D eigenvalue weighted by Gasteiger charge is 2.18. The van der Waals surface area contributed by atoms with Gasteiger partial charge >= 0.3 is 5.97 Å². The molecular formula is C74H137NO5. The number of rotatable bonds is 66. The van der Waals surface area contributed by atoms with E-state index in [9.17, 15) is 19.8 Å². The fourth-order valence-corrected chi connectivity index (χ4v) is 10.8. The third-order valence-electron chi connectivity index (χ3n) is 16.3. The highest BCUT2D eigenvalue weighted by atomic mass is 16.5. The lowest BCUT2D eigenvalue weighted by molar-refractivity contribution is -0.143. The Bertz CT molecular complexity index is 1380. The fourth-order valence-electron chi connectivity index (χ4n) is 10.8. The van der Waals surface area contributed by atoms with Crippen molar-refractivity contribution in [3.05, 3.63) is 60.8 Å². The van der Waals surface area contributed by atoms with Crippen LogP contribution in [0.2, 0.25) is 0 Å². The van der Waals surface area contributed by atoms with Crippen LogP contribution >= 0.6 is 0 Å². The minimum Gasteiger partial charge on any atom is -0.466 e. The van der Waals surface area contributed by atoms with Crippen molar-refractivity contribution in [3.8, 4) is 0 Å². The molecule has 0 saturated heterocycles. The molecule has 1 amide bonds. The van der Waals surface area contributed by atoms with Crippen molar-refractivity contribution < 1.29 is 24.5 Å². The molecular weight excluding hydrogens is 983 g/mol. The van der Waals surface area contributed by atoms with Gasteiger partial charge in [-0.15, -0.1) is 0 Å². The second-order valence-electron chi connectivity index (χ2n) is 24.2. The van der Waals surface area contributed by atoms with Crippen molar-refractivity contribution in [2.75, 3.05) is 13.2 Å². The molecule has 0 aromatic heterocycles. The Morgan fingerprint density at radius 1 is 0.350 bits per heavy atom. The van der Waals surface area contributed by atoms with Crippen LogP contribution in [0.15, 0.2) is 60.8 Å². The largest absolute Gasteiger partial charge is 0.466 e. The van der Waals surface area contributed by atoms with Crippen LogP contribution in [0.3, 0.4) is 0 Å². The minimum atomic E-state index is -0.847. The maximum Gasteiger partial charge on any atom is 0.305 e. The number of allylic oxidation sites excluding steroid dienone is 9. The Hall–Kier alpha value is -2.44. The van der Waals surface area contributed by atoms with Crippen LogP contribution in [0.1, 0.15) is 373 Å². The predicted octanol–water partition coefficient (Wildman–Crippen LogP) is 23.0. The summed E-state index contributed by atoms with van der Waals surface area (Å²) in [4.78, 5) is 24.6. The first-order chi connectivity index (χ1) is 39.5. The SMILES string of the molecule is CCCCC/C=C\C/C=C\CCCCCCCCCC(=O)OCCCCCCCCCCC/C=C\C/C=C\CCCCCCCCCCCCCCCC(=O)NC(CO)C(O)/C=C/CCCCCCCCCCCCCCCCC. The number of nitrogens with one attached hydrogen (secondary N) is 1. The Labute approximate surface area is 499 Å². The lowest BCUT2D eigenvalue weighted by Gasteiger charge is -2.20. The van der Waals surface area contributed by atoms with Crippen LogP contribution in [-0.2, 0) is 14.3 Å². The van der Waals surface area contributed by atoms with E-state index in [1.807, 2.05) is 6.08 Å². The van der Waals surface area contributed by atoms with E-state index in [2.05, 4.69) is 67.8 Å². The van der Waals surface area contributed by atoms with Gasteiger partial charge in [0.15, 0.2) is 0 Å². The highest BCUT2D eigenvalue weighted by Crippen LogP contribution is 2.18. The summed E-state index contributed by atoms with van der Waals surface area (Å²) in [5.41, 5.74) is 0. The van der Waals surface area contributed by atoms with Gasteiger partial charge in [0.1, 0.15) is 0 Å². The number of carbonyl (C=O) groups is 2. The zero-order chi connectivity index (χ0) is 57.8. The second kappa shape index (κ2) is 69.1. The van der Waals surface area contributed by atoms with Crippen molar-refractivity contribution in [2.24, 2.45) is 0 Å².